The number of thioether (sulfide) groups is 1. The SMILES string of the molecule is CCCCCCn1c(SC(C)C(=O)Nc2ccccc2C#N)nc2ccccc2c1=O. The molecular formula is C24H26N4O2S. The summed E-state index contributed by atoms with van der Waals surface area (Å²) in [5.41, 5.74) is 1.44. The van der Waals surface area contributed by atoms with E-state index in [2.05, 4.69) is 18.3 Å². The standard InChI is InChI=1S/C24H26N4O2S/c1-3-4-5-10-15-28-23(30)19-12-7-9-14-21(19)27-24(28)31-17(2)22(29)26-20-13-8-6-11-18(20)16-25/h6-9,11-14,17H,3-5,10,15H2,1-2H3,(H,26,29). The van der Waals surface area contributed by atoms with E-state index in [0.29, 0.717) is 33.9 Å². The minimum Gasteiger partial charge on any atom is -0.324 e. The summed E-state index contributed by atoms with van der Waals surface area (Å²) < 4.78 is 1.69. The van der Waals surface area contributed by atoms with Gasteiger partial charge >= 0.3 is 0 Å². The molecule has 0 radical (unpaired) electrons. The van der Waals surface area contributed by atoms with Crippen molar-refractivity contribution in [1.82, 2.24) is 9.55 Å². The Morgan fingerprint density at radius 1 is 1.16 bits per heavy atom. The summed E-state index contributed by atoms with van der Waals surface area (Å²) in [5.74, 6) is -0.243. The number of amides is 1. The van der Waals surface area contributed by atoms with E-state index >= 15 is 0 Å². The number of anilines is 1. The molecule has 1 heterocycles. The third-order valence-corrected chi connectivity index (χ3v) is 6.11. The quantitative estimate of drug-likeness (QED) is 0.292. The van der Waals surface area contributed by atoms with Crippen LogP contribution in [0.25, 0.3) is 10.9 Å². The van der Waals surface area contributed by atoms with E-state index in [9.17, 15) is 14.9 Å². The number of carbonyl (C=O) groups excluding carboxylic acids is 1. The topological polar surface area (TPSA) is 87.8 Å². The van der Waals surface area contributed by atoms with E-state index in [-0.39, 0.29) is 11.5 Å². The molecule has 1 amide bonds. The fourth-order valence-corrected chi connectivity index (χ4v) is 4.20. The van der Waals surface area contributed by atoms with Crippen molar-refractivity contribution in [2.24, 2.45) is 0 Å². The second-order valence-electron chi connectivity index (χ2n) is 7.34. The molecule has 160 valence electrons. The van der Waals surface area contributed by atoms with Gasteiger partial charge in [0.15, 0.2) is 5.16 Å². The third-order valence-electron chi connectivity index (χ3n) is 5.02. The van der Waals surface area contributed by atoms with Gasteiger partial charge in [0.2, 0.25) is 5.91 Å². The molecule has 0 bridgehead atoms. The van der Waals surface area contributed by atoms with Crippen molar-refractivity contribution in [3.05, 3.63) is 64.4 Å². The maximum atomic E-state index is 13.1. The third kappa shape index (κ3) is 5.53. The molecular weight excluding hydrogens is 408 g/mol. The summed E-state index contributed by atoms with van der Waals surface area (Å²) in [6.45, 7) is 4.50. The van der Waals surface area contributed by atoms with Crippen LogP contribution in [-0.4, -0.2) is 20.7 Å². The van der Waals surface area contributed by atoms with Crippen LogP contribution in [0.15, 0.2) is 58.5 Å². The number of para-hydroxylation sites is 2. The number of rotatable bonds is 9. The first-order chi connectivity index (χ1) is 15.0. The van der Waals surface area contributed by atoms with Crippen molar-refractivity contribution in [3.63, 3.8) is 0 Å². The molecule has 0 fully saturated rings. The van der Waals surface area contributed by atoms with Gasteiger partial charge in [-0.15, -0.1) is 0 Å². The lowest BCUT2D eigenvalue weighted by Gasteiger charge is -2.16. The van der Waals surface area contributed by atoms with Gasteiger partial charge in [0.05, 0.1) is 27.4 Å². The van der Waals surface area contributed by atoms with E-state index in [0.717, 1.165) is 25.7 Å². The number of hydrogen-bond acceptors (Lipinski definition) is 5. The Hall–Kier alpha value is -3.11. The molecule has 0 aliphatic heterocycles. The average Bonchev–Trinajstić information content (AvgIpc) is 2.78. The van der Waals surface area contributed by atoms with Gasteiger partial charge in [0.25, 0.3) is 5.56 Å². The van der Waals surface area contributed by atoms with Crippen molar-refractivity contribution in [2.75, 3.05) is 5.32 Å². The molecule has 1 N–H and O–H groups in total. The highest BCUT2D eigenvalue weighted by atomic mass is 32.2. The van der Waals surface area contributed by atoms with E-state index in [1.165, 1.54) is 11.8 Å². The van der Waals surface area contributed by atoms with Crippen LogP contribution in [0.5, 0.6) is 0 Å². The summed E-state index contributed by atoms with van der Waals surface area (Å²) in [4.78, 5) is 30.6. The normalized spacial score (nSPS) is 11.8. The minimum atomic E-state index is -0.498. The Kier molecular flexibility index (Phi) is 7.85. The molecule has 0 saturated heterocycles. The van der Waals surface area contributed by atoms with Gasteiger partial charge in [-0.1, -0.05) is 62.2 Å². The number of fused-ring (bicyclic) bond motifs is 1. The molecule has 0 saturated carbocycles. The summed E-state index contributed by atoms with van der Waals surface area (Å²) in [5, 5.41) is 12.7. The lowest BCUT2D eigenvalue weighted by Crippen LogP contribution is -2.27. The predicted molar refractivity (Wildman–Crippen MR) is 125 cm³/mol. The summed E-state index contributed by atoms with van der Waals surface area (Å²) in [7, 11) is 0. The maximum absolute atomic E-state index is 13.1. The number of unbranched alkanes of at least 4 members (excludes halogenated alkanes) is 3. The number of hydrogen-bond donors (Lipinski definition) is 1. The number of nitriles is 1. The second kappa shape index (κ2) is 10.8. The zero-order valence-electron chi connectivity index (χ0n) is 17.8. The maximum Gasteiger partial charge on any atom is 0.262 e. The van der Waals surface area contributed by atoms with Crippen LogP contribution >= 0.6 is 11.8 Å². The van der Waals surface area contributed by atoms with Gasteiger partial charge in [-0.3, -0.25) is 14.2 Å². The molecule has 6 nitrogen and oxygen atoms in total. The summed E-state index contributed by atoms with van der Waals surface area (Å²) in [6.07, 6.45) is 4.17. The van der Waals surface area contributed by atoms with Crippen molar-refractivity contribution in [1.29, 1.82) is 5.26 Å². The van der Waals surface area contributed by atoms with E-state index in [1.54, 1.807) is 41.8 Å². The Bertz CT molecular complexity index is 1170. The Labute approximate surface area is 186 Å². The first-order valence-electron chi connectivity index (χ1n) is 10.5. The van der Waals surface area contributed by atoms with Crippen molar-refractivity contribution >= 4 is 34.3 Å². The largest absolute Gasteiger partial charge is 0.324 e. The zero-order chi connectivity index (χ0) is 22.2. The van der Waals surface area contributed by atoms with Gasteiger partial charge in [-0.05, 0) is 37.6 Å². The van der Waals surface area contributed by atoms with Crippen LogP contribution < -0.4 is 10.9 Å². The number of aromatic nitrogens is 2. The highest BCUT2D eigenvalue weighted by Gasteiger charge is 2.20. The molecule has 7 heteroatoms. The van der Waals surface area contributed by atoms with Gasteiger partial charge in [0, 0.05) is 6.54 Å². The number of nitrogens with zero attached hydrogens (tertiary/aromatic N) is 3. The van der Waals surface area contributed by atoms with Crippen molar-refractivity contribution in [3.8, 4) is 6.07 Å². The zero-order valence-corrected chi connectivity index (χ0v) is 18.6. The van der Waals surface area contributed by atoms with E-state index in [4.69, 9.17) is 4.98 Å². The van der Waals surface area contributed by atoms with E-state index in [1.807, 2.05) is 18.2 Å². The summed E-state index contributed by atoms with van der Waals surface area (Å²) >= 11 is 1.26. The molecule has 1 unspecified atom stereocenters. The fraction of sp³-hybridized carbons (Fsp3) is 0.333. The minimum absolute atomic E-state index is 0.0768. The molecule has 3 rings (SSSR count). The molecule has 0 aliphatic rings. The lowest BCUT2D eigenvalue weighted by molar-refractivity contribution is -0.115. The Morgan fingerprint density at radius 3 is 2.68 bits per heavy atom. The van der Waals surface area contributed by atoms with Crippen LogP contribution in [0.4, 0.5) is 5.69 Å². The molecule has 2 aromatic carbocycles. The highest BCUT2D eigenvalue weighted by Crippen LogP contribution is 2.25. The smallest absolute Gasteiger partial charge is 0.262 e. The second-order valence-corrected chi connectivity index (χ2v) is 8.64. The molecule has 0 spiro atoms. The first-order valence-corrected chi connectivity index (χ1v) is 11.4. The van der Waals surface area contributed by atoms with Gasteiger partial charge in [0.1, 0.15) is 6.07 Å². The number of carbonyl (C=O) groups is 1. The fourth-order valence-electron chi connectivity index (χ4n) is 3.27. The van der Waals surface area contributed by atoms with Crippen LogP contribution in [0.1, 0.15) is 45.1 Å². The molecule has 1 atom stereocenters. The number of nitrogens with one attached hydrogen (secondary N) is 1. The lowest BCUT2D eigenvalue weighted by atomic mass is 10.2. The van der Waals surface area contributed by atoms with Crippen LogP contribution in [0.3, 0.4) is 0 Å². The van der Waals surface area contributed by atoms with Crippen LogP contribution in [0, 0.1) is 11.3 Å². The predicted octanol–water partition coefficient (Wildman–Crippen LogP) is 4.97. The molecule has 3 aromatic rings. The molecule has 0 aliphatic carbocycles. The molecule has 1 aromatic heterocycles. The molecule has 31 heavy (non-hydrogen) atoms. The first kappa shape index (κ1) is 22.6. The van der Waals surface area contributed by atoms with E-state index < -0.39 is 5.25 Å². The van der Waals surface area contributed by atoms with Crippen molar-refractivity contribution in [2.45, 2.75) is 56.5 Å². The van der Waals surface area contributed by atoms with Crippen LogP contribution in [-0.2, 0) is 11.3 Å². The van der Waals surface area contributed by atoms with Gasteiger partial charge in [-0.2, -0.15) is 5.26 Å². The highest BCUT2D eigenvalue weighted by molar-refractivity contribution is 8.00. The Morgan fingerprint density at radius 2 is 1.90 bits per heavy atom. The van der Waals surface area contributed by atoms with Crippen LogP contribution in [0.2, 0.25) is 0 Å². The Balaban J connectivity index is 1.85. The van der Waals surface area contributed by atoms with Gasteiger partial charge < -0.3 is 5.32 Å². The monoisotopic (exact) mass is 434 g/mol. The van der Waals surface area contributed by atoms with Crippen molar-refractivity contribution < 1.29 is 4.79 Å². The number of benzene rings is 2. The summed E-state index contributed by atoms with van der Waals surface area (Å²) in [6, 6.07) is 16.3. The average molecular weight is 435 g/mol. The van der Waals surface area contributed by atoms with Gasteiger partial charge in [-0.25, -0.2) is 4.98 Å².